The molecule has 1 aromatic heterocycles. The van der Waals surface area contributed by atoms with Gasteiger partial charge in [-0.05, 0) is 55.3 Å². The molecule has 3 aliphatic rings. The van der Waals surface area contributed by atoms with Crippen LogP contribution < -0.4 is 10.2 Å². The van der Waals surface area contributed by atoms with E-state index in [2.05, 4.69) is 21.2 Å². The van der Waals surface area contributed by atoms with Crippen molar-refractivity contribution >= 4 is 62.1 Å². The zero-order chi connectivity index (χ0) is 28.6. The maximum atomic E-state index is 15.2. The molecule has 0 unspecified atom stereocenters. The van der Waals surface area contributed by atoms with Crippen LogP contribution in [0.3, 0.4) is 0 Å². The van der Waals surface area contributed by atoms with Gasteiger partial charge in [-0.1, -0.05) is 70.5 Å². The average Bonchev–Trinajstić information content (AvgIpc) is 3.48. The summed E-state index contributed by atoms with van der Waals surface area (Å²) in [5, 5.41) is 4.15. The first kappa shape index (κ1) is 26.2. The van der Waals surface area contributed by atoms with E-state index in [-0.39, 0.29) is 18.4 Å². The number of pyridine rings is 1. The Morgan fingerprint density at radius 3 is 2.59 bits per heavy atom. The number of amides is 2. The van der Waals surface area contributed by atoms with Crippen LogP contribution in [0, 0.1) is 5.92 Å². The molecule has 2 saturated heterocycles. The van der Waals surface area contributed by atoms with Crippen LogP contribution in [0.2, 0.25) is 0 Å². The maximum Gasteiger partial charge on any atom is 0.312 e. The number of nitrogens with one attached hydrogen (secondary N) is 1. The molecule has 0 saturated carbocycles. The van der Waals surface area contributed by atoms with E-state index >= 15 is 4.79 Å². The lowest BCUT2D eigenvalue weighted by Gasteiger charge is -2.46. The predicted octanol–water partition coefficient (Wildman–Crippen LogP) is 5.45. The second kappa shape index (κ2) is 9.16. The lowest BCUT2D eigenvalue weighted by molar-refractivity contribution is -0.160. The minimum Gasteiger partial charge on any atom is -0.466 e. The van der Waals surface area contributed by atoms with Crippen LogP contribution in [-0.2, 0) is 36.0 Å². The van der Waals surface area contributed by atoms with Crippen LogP contribution in [0.4, 0.5) is 5.69 Å². The Morgan fingerprint density at radius 2 is 1.80 bits per heavy atom. The Kier molecular flexibility index (Phi) is 5.86. The van der Waals surface area contributed by atoms with Crippen molar-refractivity contribution in [2.45, 2.75) is 35.4 Å². The van der Waals surface area contributed by atoms with Gasteiger partial charge in [-0.15, -0.1) is 11.8 Å². The number of para-hydroxylation sites is 1. The van der Waals surface area contributed by atoms with Gasteiger partial charge in [0.1, 0.15) is 21.0 Å². The molecule has 3 aliphatic heterocycles. The summed E-state index contributed by atoms with van der Waals surface area (Å²) in [4.78, 5) is 48.4. The monoisotopic (exact) mass is 627 g/mol. The fraction of sp³-hybridized carbons (Fsp3) is 0.250. The third kappa shape index (κ3) is 3.39. The van der Waals surface area contributed by atoms with Gasteiger partial charge in [-0.3, -0.25) is 14.4 Å². The lowest BCUT2D eigenvalue weighted by Crippen LogP contribution is -2.69. The number of aromatic nitrogens is 1. The number of fused-ring (bicyclic) bond motifs is 6. The molecule has 4 atom stereocenters. The standard InChI is InChI=1S/C32H26BrN3O4S/c1-3-40-27(37)26-30(2)28(38)35-32(41-30,25-16-13-20-11-7-8-12-23(20)34-25)31(26)22-17-21(33)14-15-24(22)36(29(31)39)18-19-9-5-4-6-10-19/h4-17,26H,3,18H2,1-2H3,(H,35,38)/t26-,30+,31-,32-/m1/s1. The lowest BCUT2D eigenvalue weighted by atomic mass is 9.58. The van der Waals surface area contributed by atoms with Gasteiger partial charge in [-0.25, -0.2) is 4.98 Å². The molecule has 4 heterocycles. The first-order chi connectivity index (χ1) is 19.8. The molecule has 1 N–H and O–H groups in total. The second-order valence-electron chi connectivity index (χ2n) is 10.8. The van der Waals surface area contributed by atoms with Crippen LogP contribution in [0.15, 0.2) is 89.4 Å². The fourth-order valence-electron chi connectivity index (χ4n) is 6.91. The molecule has 0 radical (unpaired) electrons. The highest BCUT2D eigenvalue weighted by Crippen LogP contribution is 2.74. The summed E-state index contributed by atoms with van der Waals surface area (Å²) in [5.41, 5.74) is 2.04. The maximum absolute atomic E-state index is 15.2. The first-order valence-electron chi connectivity index (χ1n) is 13.5. The predicted molar refractivity (Wildman–Crippen MR) is 161 cm³/mol. The molecule has 0 aliphatic carbocycles. The van der Waals surface area contributed by atoms with Crippen LogP contribution in [0.25, 0.3) is 10.9 Å². The smallest absolute Gasteiger partial charge is 0.312 e. The Balaban J connectivity index is 1.55. The topological polar surface area (TPSA) is 88.6 Å². The molecule has 2 bridgehead atoms. The average molecular weight is 629 g/mol. The number of carbonyl (C=O) groups excluding carboxylic acids is 3. The van der Waals surface area contributed by atoms with E-state index in [4.69, 9.17) is 9.72 Å². The highest BCUT2D eigenvalue weighted by molar-refractivity contribution is 9.10. The van der Waals surface area contributed by atoms with Gasteiger partial charge >= 0.3 is 5.97 Å². The molecule has 3 aromatic carbocycles. The number of halogens is 1. The molecular weight excluding hydrogens is 602 g/mol. The van der Waals surface area contributed by atoms with Crippen molar-refractivity contribution in [3.8, 4) is 0 Å². The number of carbonyl (C=O) groups is 3. The van der Waals surface area contributed by atoms with Gasteiger partial charge in [0.15, 0.2) is 0 Å². The molecule has 2 amide bonds. The largest absolute Gasteiger partial charge is 0.466 e. The zero-order valence-corrected chi connectivity index (χ0v) is 24.8. The van der Waals surface area contributed by atoms with Crippen molar-refractivity contribution in [2.24, 2.45) is 5.92 Å². The second-order valence-corrected chi connectivity index (χ2v) is 13.3. The SMILES string of the molecule is CCOC(=O)[C@@H]1[C@]2(C)S[C@@](c3ccc4ccccc4n3)(NC2=O)[C@@]12C(=O)N(Cc1ccccc1)c1ccc(Br)cc12. The Morgan fingerprint density at radius 1 is 1.05 bits per heavy atom. The van der Waals surface area contributed by atoms with Crippen LogP contribution in [0.5, 0.6) is 0 Å². The fourth-order valence-corrected chi connectivity index (χ4v) is 9.28. The number of benzene rings is 3. The summed E-state index contributed by atoms with van der Waals surface area (Å²) in [6.45, 7) is 3.91. The van der Waals surface area contributed by atoms with Gasteiger partial charge in [0, 0.05) is 15.5 Å². The Bertz CT molecular complexity index is 1770. The molecule has 41 heavy (non-hydrogen) atoms. The summed E-state index contributed by atoms with van der Waals surface area (Å²) in [6, 6.07) is 27.0. The number of rotatable bonds is 5. The Labute approximate surface area is 249 Å². The summed E-state index contributed by atoms with van der Waals surface area (Å²) >= 11 is 4.92. The van der Waals surface area contributed by atoms with E-state index < -0.39 is 26.9 Å². The van der Waals surface area contributed by atoms with Gasteiger partial charge in [0.2, 0.25) is 11.8 Å². The molecule has 4 aromatic rings. The van der Waals surface area contributed by atoms with E-state index in [1.807, 2.05) is 84.9 Å². The third-order valence-corrected chi connectivity index (χ3v) is 10.8. The van der Waals surface area contributed by atoms with E-state index in [0.717, 1.165) is 20.9 Å². The minimum atomic E-state index is -1.52. The number of nitrogens with zero attached hydrogens (tertiary/aromatic N) is 2. The van der Waals surface area contributed by atoms with Crippen molar-refractivity contribution in [3.63, 3.8) is 0 Å². The quantitative estimate of drug-likeness (QED) is 0.296. The van der Waals surface area contributed by atoms with Crippen molar-refractivity contribution in [1.29, 1.82) is 0 Å². The third-order valence-electron chi connectivity index (χ3n) is 8.57. The molecule has 2 fully saturated rings. The molecule has 7 nitrogen and oxygen atoms in total. The summed E-state index contributed by atoms with van der Waals surface area (Å²) in [7, 11) is 0. The highest BCUT2D eigenvalue weighted by Gasteiger charge is 2.85. The van der Waals surface area contributed by atoms with Gasteiger partial charge in [0.05, 0.1) is 24.4 Å². The van der Waals surface area contributed by atoms with Crippen molar-refractivity contribution in [1.82, 2.24) is 10.3 Å². The number of ether oxygens (including phenoxy) is 1. The Hall–Kier alpha value is -3.69. The number of hydrogen-bond acceptors (Lipinski definition) is 6. The van der Waals surface area contributed by atoms with Gasteiger partial charge in [0.25, 0.3) is 0 Å². The van der Waals surface area contributed by atoms with Gasteiger partial charge < -0.3 is 15.0 Å². The van der Waals surface area contributed by atoms with E-state index in [1.54, 1.807) is 18.7 Å². The molecule has 1 spiro atoms. The van der Waals surface area contributed by atoms with E-state index in [0.29, 0.717) is 23.5 Å². The molecule has 7 rings (SSSR count). The summed E-state index contributed by atoms with van der Waals surface area (Å²) < 4.78 is 5.12. The van der Waals surface area contributed by atoms with Crippen molar-refractivity contribution in [2.75, 3.05) is 11.5 Å². The normalized spacial score (nSPS) is 27.9. The number of piperidine rings is 1. The van der Waals surface area contributed by atoms with E-state index in [9.17, 15) is 9.59 Å². The molecule has 9 heteroatoms. The van der Waals surface area contributed by atoms with Crippen LogP contribution in [-0.4, -0.2) is 34.1 Å². The van der Waals surface area contributed by atoms with Crippen molar-refractivity contribution in [3.05, 3.63) is 106 Å². The summed E-state index contributed by atoms with van der Waals surface area (Å²) in [6.07, 6.45) is 0. The summed E-state index contributed by atoms with van der Waals surface area (Å²) in [5.74, 6) is -2.24. The number of anilines is 1. The van der Waals surface area contributed by atoms with Crippen LogP contribution >= 0.6 is 27.7 Å². The number of thioether (sulfide) groups is 1. The minimum absolute atomic E-state index is 0.127. The molecular formula is C32H26BrN3O4S. The van der Waals surface area contributed by atoms with Gasteiger partial charge in [-0.2, -0.15) is 0 Å². The number of hydrogen-bond donors (Lipinski definition) is 1. The first-order valence-corrected chi connectivity index (χ1v) is 15.1. The molecule has 206 valence electrons. The van der Waals surface area contributed by atoms with Crippen LogP contribution in [0.1, 0.15) is 30.7 Å². The zero-order valence-electron chi connectivity index (χ0n) is 22.4. The van der Waals surface area contributed by atoms with Crippen molar-refractivity contribution < 1.29 is 19.1 Å². The highest BCUT2D eigenvalue weighted by atomic mass is 79.9. The number of esters is 1. The van der Waals surface area contributed by atoms with E-state index in [1.165, 1.54) is 11.8 Å².